The second kappa shape index (κ2) is 8.23. The summed E-state index contributed by atoms with van der Waals surface area (Å²) in [7, 11) is 0. The molecule has 0 radical (unpaired) electrons. The number of hydrogen-bond donors (Lipinski definition) is 3. The molecule has 0 aliphatic carbocycles. The topological polar surface area (TPSA) is 70.2 Å². The summed E-state index contributed by atoms with van der Waals surface area (Å²) in [6, 6.07) is 0.320. The molecule has 0 aromatic carbocycles. The Morgan fingerprint density at radius 2 is 1.67 bits per heavy atom. The Bertz CT molecular complexity index is 207. The predicted molar refractivity (Wildman–Crippen MR) is 59.4 cm³/mol. The average molecular weight is 215 g/mol. The van der Waals surface area contributed by atoms with E-state index in [0.29, 0.717) is 12.6 Å². The number of carbonyl (C=O) groups excluding carboxylic acids is 2. The van der Waals surface area contributed by atoms with Crippen LogP contribution in [0, 0.1) is 0 Å². The zero-order valence-electron chi connectivity index (χ0n) is 9.72. The Balaban J connectivity index is 3.53. The first-order valence-electron chi connectivity index (χ1n) is 5.36. The van der Waals surface area contributed by atoms with Gasteiger partial charge < -0.3 is 16.0 Å². The van der Waals surface area contributed by atoms with Gasteiger partial charge in [-0.05, 0) is 20.3 Å². The highest BCUT2D eigenvalue weighted by Gasteiger charge is 2.05. The molecule has 5 nitrogen and oxygen atoms in total. The van der Waals surface area contributed by atoms with E-state index in [1.165, 1.54) is 0 Å². The largest absolute Gasteiger partial charge is 0.355 e. The third-order valence-electron chi connectivity index (χ3n) is 2.04. The number of likely N-dealkylation sites (N-methyl/N-ethyl adjacent to an activating group) is 1. The van der Waals surface area contributed by atoms with Gasteiger partial charge in [-0.25, -0.2) is 0 Å². The van der Waals surface area contributed by atoms with Gasteiger partial charge in [-0.2, -0.15) is 0 Å². The number of amides is 2. The quantitative estimate of drug-likeness (QED) is 0.542. The molecule has 15 heavy (non-hydrogen) atoms. The standard InChI is InChI=1S/C10H21N3O2/c1-4-8(3)12-6-10(15)13-7-9(14)11-5-2/h8,12H,4-7H2,1-3H3,(H,11,14)(H,13,15). The zero-order chi connectivity index (χ0) is 11.7. The van der Waals surface area contributed by atoms with Crippen LogP contribution in [0.3, 0.4) is 0 Å². The molecule has 0 aromatic rings. The van der Waals surface area contributed by atoms with E-state index in [9.17, 15) is 9.59 Å². The van der Waals surface area contributed by atoms with Gasteiger partial charge in [0.25, 0.3) is 0 Å². The minimum atomic E-state index is -0.158. The third kappa shape index (κ3) is 7.93. The van der Waals surface area contributed by atoms with Crippen LogP contribution >= 0.6 is 0 Å². The molecule has 0 fully saturated rings. The van der Waals surface area contributed by atoms with Crippen molar-refractivity contribution >= 4 is 11.8 Å². The number of rotatable bonds is 7. The first kappa shape index (κ1) is 13.9. The molecule has 3 N–H and O–H groups in total. The van der Waals surface area contributed by atoms with E-state index in [4.69, 9.17) is 0 Å². The molecule has 1 atom stereocenters. The molecular formula is C10H21N3O2. The van der Waals surface area contributed by atoms with Gasteiger partial charge in [0.15, 0.2) is 0 Å². The maximum atomic E-state index is 11.2. The van der Waals surface area contributed by atoms with E-state index in [-0.39, 0.29) is 24.9 Å². The Labute approximate surface area is 91.0 Å². The summed E-state index contributed by atoms with van der Waals surface area (Å²) in [5.74, 6) is -0.309. The lowest BCUT2D eigenvalue weighted by molar-refractivity contribution is -0.125. The molecule has 1 unspecified atom stereocenters. The highest BCUT2D eigenvalue weighted by Crippen LogP contribution is 1.85. The summed E-state index contributed by atoms with van der Waals surface area (Å²) < 4.78 is 0. The third-order valence-corrected chi connectivity index (χ3v) is 2.04. The molecule has 0 aliphatic heterocycles. The van der Waals surface area contributed by atoms with Crippen LogP contribution in [0.1, 0.15) is 27.2 Å². The Morgan fingerprint density at radius 3 is 2.20 bits per heavy atom. The lowest BCUT2D eigenvalue weighted by Gasteiger charge is -2.10. The fraction of sp³-hybridized carbons (Fsp3) is 0.800. The SMILES string of the molecule is CCNC(=O)CNC(=O)CNC(C)CC. The lowest BCUT2D eigenvalue weighted by atomic mass is 10.2. The molecule has 0 rings (SSSR count). The van der Waals surface area contributed by atoms with Crippen molar-refractivity contribution in [3.63, 3.8) is 0 Å². The molecule has 0 heterocycles. The molecule has 0 aromatic heterocycles. The monoisotopic (exact) mass is 215 g/mol. The summed E-state index contributed by atoms with van der Waals surface area (Å²) in [5, 5.41) is 8.18. The normalized spacial score (nSPS) is 11.9. The van der Waals surface area contributed by atoms with E-state index in [0.717, 1.165) is 6.42 Å². The van der Waals surface area contributed by atoms with E-state index in [2.05, 4.69) is 16.0 Å². The van der Waals surface area contributed by atoms with Crippen molar-refractivity contribution in [1.29, 1.82) is 0 Å². The molecule has 88 valence electrons. The molecule has 5 heteroatoms. The smallest absolute Gasteiger partial charge is 0.239 e. The molecule has 0 aliphatic rings. The maximum absolute atomic E-state index is 11.2. The zero-order valence-corrected chi connectivity index (χ0v) is 9.72. The van der Waals surface area contributed by atoms with E-state index in [1.54, 1.807) is 0 Å². The van der Waals surface area contributed by atoms with Gasteiger partial charge in [-0.1, -0.05) is 6.92 Å². The van der Waals surface area contributed by atoms with Crippen molar-refractivity contribution in [3.05, 3.63) is 0 Å². The van der Waals surface area contributed by atoms with Crippen LogP contribution in [-0.4, -0.2) is 37.5 Å². The lowest BCUT2D eigenvalue weighted by Crippen LogP contribution is -2.42. The van der Waals surface area contributed by atoms with Gasteiger partial charge in [0, 0.05) is 12.6 Å². The van der Waals surface area contributed by atoms with Crippen LogP contribution in [0.15, 0.2) is 0 Å². The molecular weight excluding hydrogens is 194 g/mol. The van der Waals surface area contributed by atoms with E-state index in [1.807, 2.05) is 20.8 Å². The maximum Gasteiger partial charge on any atom is 0.239 e. The van der Waals surface area contributed by atoms with Crippen molar-refractivity contribution in [2.24, 2.45) is 0 Å². The molecule has 0 spiro atoms. The number of nitrogens with one attached hydrogen (secondary N) is 3. The highest BCUT2D eigenvalue weighted by atomic mass is 16.2. The Hall–Kier alpha value is -1.10. The average Bonchev–Trinajstić information content (AvgIpc) is 2.23. The van der Waals surface area contributed by atoms with Crippen molar-refractivity contribution in [3.8, 4) is 0 Å². The summed E-state index contributed by atoms with van der Waals surface area (Å²) in [6.45, 7) is 6.79. The van der Waals surface area contributed by atoms with Crippen molar-refractivity contribution in [2.45, 2.75) is 33.2 Å². The van der Waals surface area contributed by atoms with Crippen molar-refractivity contribution in [1.82, 2.24) is 16.0 Å². The van der Waals surface area contributed by atoms with Gasteiger partial charge in [-0.15, -0.1) is 0 Å². The van der Waals surface area contributed by atoms with Gasteiger partial charge in [0.2, 0.25) is 11.8 Å². The first-order chi connectivity index (χ1) is 7.10. The summed E-state index contributed by atoms with van der Waals surface area (Å²) in [5.41, 5.74) is 0. The summed E-state index contributed by atoms with van der Waals surface area (Å²) in [6.07, 6.45) is 0.976. The predicted octanol–water partition coefficient (Wildman–Crippen LogP) is -0.373. The van der Waals surface area contributed by atoms with Crippen LogP contribution in [0.2, 0.25) is 0 Å². The second-order valence-electron chi connectivity index (χ2n) is 3.42. The molecule has 2 amide bonds. The van der Waals surface area contributed by atoms with Crippen molar-refractivity contribution in [2.75, 3.05) is 19.6 Å². The van der Waals surface area contributed by atoms with Gasteiger partial charge in [-0.3, -0.25) is 9.59 Å². The van der Waals surface area contributed by atoms with Crippen LogP contribution in [0.25, 0.3) is 0 Å². The van der Waals surface area contributed by atoms with E-state index < -0.39 is 0 Å². The van der Waals surface area contributed by atoms with Crippen LogP contribution < -0.4 is 16.0 Å². The fourth-order valence-corrected chi connectivity index (χ4v) is 0.912. The minimum absolute atomic E-state index is 0.0505. The van der Waals surface area contributed by atoms with Crippen molar-refractivity contribution < 1.29 is 9.59 Å². The van der Waals surface area contributed by atoms with Crippen LogP contribution in [0.5, 0.6) is 0 Å². The molecule has 0 saturated heterocycles. The minimum Gasteiger partial charge on any atom is -0.355 e. The van der Waals surface area contributed by atoms with Gasteiger partial charge in [0.05, 0.1) is 13.1 Å². The first-order valence-corrected chi connectivity index (χ1v) is 5.36. The van der Waals surface area contributed by atoms with Gasteiger partial charge in [0.1, 0.15) is 0 Å². The Kier molecular flexibility index (Phi) is 7.62. The summed E-state index contributed by atoms with van der Waals surface area (Å²) >= 11 is 0. The molecule has 0 saturated carbocycles. The van der Waals surface area contributed by atoms with E-state index >= 15 is 0 Å². The number of hydrogen-bond acceptors (Lipinski definition) is 3. The Morgan fingerprint density at radius 1 is 1.07 bits per heavy atom. The molecule has 0 bridgehead atoms. The van der Waals surface area contributed by atoms with Crippen LogP contribution in [-0.2, 0) is 9.59 Å². The summed E-state index contributed by atoms with van der Waals surface area (Å²) in [4.78, 5) is 22.2. The highest BCUT2D eigenvalue weighted by molar-refractivity contribution is 5.85. The van der Waals surface area contributed by atoms with Crippen LogP contribution in [0.4, 0.5) is 0 Å². The fourth-order valence-electron chi connectivity index (χ4n) is 0.912. The second-order valence-corrected chi connectivity index (χ2v) is 3.42. The number of carbonyl (C=O) groups is 2. The van der Waals surface area contributed by atoms with Gasteiger partial charge >= 0.3 is 0 Å².